The molecule has 0 fully saturated rings. The molecule has 5 heteroatoms. The highest BCUT2D eigenvalue weighted by Crippen LogP contribution is 2.14. The maximum atomic E-state index is 13.1. The van der Waals surface area contributed by atoms with Crippen LogP contribution in [-0.2, 0) is 4.79 Å². The molecule has 1 atom stereocenters. The maximum Gasteiger partial charge on any atom is 0.257 e. The molecular formula is C12H16FNO3. The molecule has 0 aliphatic heterocycles. The Morgan fingerprint density at radius 1 is 1.53 bits per heavy atom. The van der Waals surface area contributed by atoms with Gasteiger partial charge in [0.2, 0.25) is 0 Å². The quantitative estimate of drug-likeness (QED) is 0.784. The van der Waals surface area contributed by atoms with E-state index in [4.69, 9.17) is 9.84 Å². The number of halogens is 1. The van der Waals surface area contributed by atoms with Crippen LogP contribution in [0, 0.1) is 5.82 Å². The Kier molecular flexibility index (Phi) is 5.42. The molecule has 1 amide bonds. The van der Waals surface area contributed by atoms with Crippen molar-refractivity contribution in [2.45, 2.75) is 19.4 Å². The third kappa shape index (κ3) is 5.31. The van der Waals surface area contributed by atoms with Crippen molar-refractivity contribution in [2.75, 3.05) is 13.2 Å². The number of rotatable bonds is 6. The fourth-order valence-corrected chi connectivity index (χ4v) is 1.18. The number of carbonyl (C=O) groups is 1. The van der Waals surface area contributed by atoms with Crippen molar-refractivity contribution < 1.29 is 19.0 Å². The number of aliphatic hydroxyl groups excluding tert-OH is 1. The lowest BCUT2D eigenvalue weighted by Gasteiger charge is -2.08. The van der Waals surface area contributed by atoms with Gasteiger partial charge < -0.3 is 15.2 Å². The topological polar surface area (TPSA) is 58.6 Å². The molecule has 4 nitrogen and oxygen atoms in total. The monoisotopic (exact) mass is 241 g/mol. The van der Waals surface area contributed by atoms with E-state index in [-0.39, 0.29) is 18.3 Å². The minimum absolute atomic E-state index is 0.0539. The molecule has 0 bridgehead atoms. The molecule has 94 valence electrons. The molecule has 17 heavy (non-hydrogen) atoms. The first kappa shape index (κ1) is 13.4. The van der Waals surface area contributed by atoms with Crippen molar-refractivity contribution >= 4 is 5.91 Å². The number of benzene rings is 1. The summed E-state index contributed by atoms with van der Waals surface area (Å²) in [6.07, 6.45) is 0.0219. The van der Waals surface area contributed by atoms with E-state index < -0.39 is 11.9 Å². The van der Waals surface area contributed by atoms with E-state index in [1.165, 1.54) is 12.1 Å². The van der Waals surface area contributed by atoms with Gasteiger partial charge in [0.25, 0.3) is 5.91 Å². The zero-order valence-electron chi connectivity index (χ0n) is 9.65. The Balaban J connectivity index is 2.26. The Hall–Kier alpha value is -1.62. The van der Waals surface area contributed by atoms with Crippen LogP contribution in [0.2, 0.25) is 0 Å². The van der Waals surface area contributed by atoms with Gasteiger partial charge in [-0.1, -0.05) is 12.1 Å². The lowest BCUT2D eigenvalue weighted by molar-refractivity contribution is -0.123. The van der Waals surface area contributed by atoms with E-state index in [9.17, 15) is 9.18 Å². The molecule has 1 aromatic rings. The minimum Gasteiger partial charge on any atom is -0.481 e. The molecule has 0 radical (unpaired) electrons. The third-order valence-corrected chi connectivity index (χ3v) is 2.08. The molecular weight excluding hydrogens is 225 g/mol. The van der Waals surface area contributed by atoms with Crippen LogP contribution in [0.1, 0.15) is 13.3 Å². The minimum atomic E-state index is -0.496. The standard InChI is InChI=1S/C12H16FNO3/c1-9(15)6-7-14-12(16)8-17-11-5-3-2-4-10(11)13/h2-5,9,15H,6-8H2,1H3,(H,14,16). The van der Waals surface area contributed by atoms with Crippen LogP contribution in [0.5, 0.6) is 5.75 Å². The van der Waals surface area contributed by atoms with Crippen molar-refractivity contribution in [1.29, 1.82) is 0 Å². The van der Waals surface area contributed by atoms with Crippen molar-refractivity contribution in [1.82, 2.24) is 5.32 Å². The van der Waals surface area contributed by atoms with Crippen LogP contribution < -0.4 is 10.1 Å². The number of nitrogens with one attached hydrogen (secondary N) is 1. The number of carbonyl (C=O) groups excluding carboxylic acids is 1. The van der Waals surface area contributed by atoms with Crippen molar-refractivity contribution in [3.63, 3.8) is 0 Å². The lowest BCUT2D eigenvalue weighted by Crippen LogP contribution is -2.31. The molecule has 1 unspecified atom stereocenters. The van der Waals surface area contributed by atoms with Crippen LogP contribution in [0.15, 0.2) is 24.3 Å². The van der Waals surface area contributed by atoms with Gasteiger partial charge in [-0.15, -0.1) is 0 Å². The molecule has 0 spiro atoms. The summed E-state index contributed by atoms with van der Waals surface area (Å²) in [5.41, 5.74) is 0. The van der Waals surface area contributed by atoms with Crippen LogP contribution >= 0.6 is 0 Å². The summed E-state index contributed by atoms with van der Waals surface area (Å²) >= 11 is 0. The van der Waals surface area contributed by atoms with E-state index in [1.807, 2.05) is 0 Å². The first-order valence-electron chi connectivity index (χ1n) is 5.41. The smallest absolute Gasteiger partial charge is 0.257 e. The summed E-state index contributed by atoms with van der Waals surface area (Å²) in [4.78, 5) is 11.3. The van der Waals surface area contributed by atoms with E-state index in [1.54, 1.807) is 19.1 Å². The van der Waals surface area contributed by atoms with E-state index in [0.29, 0.717) is 13.0 Å². The van der Waals surface area contributed by atoms with Crippen molar-refractivity contribution in [3.8, 4) is 5.75 Å². The predicted molar refractivity (Wildman–Crippen MR) is 61.2 cm³/mol. The molecule has 0 heterocycles. The molecule has 0 aromatic heterocycles. The summed E-state index contributed by atoms with van der Waals surface area (Å²) in [5, 5.41) is 11.5. The number of hydrogen-bond donors (Lipinski definition) is 2. The second-order valence-electron chi connectivity index (χ2n) is 3.71. The Morgan fingerprint density at radius 3 is 2.88 bits per heavy atom. The second-order valence-corrected chi connectivity index (χ2v) is 3.71. The van der Waals surface area contributed by atoms with E-state index in [2.05, 4.69) is 5.32 Å². The van der Waals surface area contributed by atoms with Crippen LogP contribution in [0.3, 0.4) is 0 Å². The molecule has 0 saturated heterocycles. The van der Waals surface area contributed by atoms with Crippen molar-refractivity contribution in [2.24, 2.45) is 0 Å². The normalized spacial score (nSPS) is 11.9. The maximum absolute atomic E-state index is 13.1. The van der Waals surface area contributed by atoms with Gasteiger partial charge in [0.1, 0.15) is 0 Å². The van der Waals surface area contributed by atoms with Crippen LogP contribution in [0.4, 0.5) is 4.39 Å². The van der Waals surface area contributed by atoms with Crippen LogP contribution in [0.25, 0.3) is 0 Å². The predicted octanol–water partition coefficient (Wildman–Crippen LogP) is 1.09. The highest BCUT2D eigenvalue weighted by molar-refractivity contribution is 5.77. The van der Waals surface area contributed by atoms with Gasteiger partial charge in [0, 0.05) is 6.54 Å². The van der Waals surface area contributed by atoms with Gasteiger partial charge in [0.15, 0.2) is 18.2 Å². The fraction of sp³-hybridized carbons (Fsp3) is 0.417. The van der Waals surface area contributed by atoms with E-state index in [0.717, 1.165) is 0 Å². The number of hydrogen-bond acceptors (Lipinski definition) is 3. The van der Waals surface area contributed by atoms with Gasteiger partial charge in [-0.05, 0) is 25.5 Å². The average Bonchev–Trinajstić information content (AvgIpc) is 2.27. The highest BCUT2D eigenvalue weighted by Gasteiger charge is 2.06. The highest BCUT2D eigenvalue weighted by atomic mass is 19.1. The summed E-state index contributed by atoms with van der Waals surface area (Å²) in [5.74, 6) is -0.781. The van der Waals surface area contributed by atoms with Crippen LogP contribution in [-0.4, -0.2) is 30.3 Å². The van der Waals surface area contributed by atoms with Gasteiger partial charge >= 0.3 is 0 Å². The fourth-order valence-electron chi connectivity index (χ4n) is 1.18. The number of para-hydroxylation sites is 1. The Bertz CT molecular complexity index is 369. The molecule has 2 N–H and O–H groups in total. The number of aliphatic hydroxyl groups is 1. The molecule has 1 aromatic carbocycles. The van der Waals surface area contributed by atoms with Gasteiger partial charge in [-0.3, -0.25) is 4.79 Å². The SMILES string of the molecule is CC(O)CCNC(=O)COc1ccccc1F. The Morgan fingerprint density at radius 2 is 2.24 bits per heavy atom. The van der Waals surface area contributed by atoms with Crippen molar-refractivity contribution in [3.05, 3.63) is 30.1 Å². The number of ether oxygens (including phenoxy) is 1. The van der Waals surface area contributed by atoms with Gasteiger partial charge in [0.05, 0.1) is 6.10 Å². The second kappa shape index (κ2) is 6.85. The zero-order chi connectivity index (χ0) is 12.7. The zero-order valence-corrected chi connectivity index (χ0v) is 9.65. The van der Waals surface area contributed by atoms with Gasteiger partial charge in [-0.25, -0.2) is 4.39 Å². The molecule has 0 aliphatic carbocycles. The summed E-state index contributed by atoms with van der Waals surface area (Å²) in [6, 6.07) is 5.90. The number of amides is 1. The molecule has 0 aliphatic rings. The first-order valence-corrected chi connectivity index (χ1v) is 5.41. The largest absolute Gasteiger partial charge is 0.481 e. The molecule has 0 saturated carbocycles. The summed E-state index contributed by atoms with van der Waals surface area (Å²) in [7, 11) is 0. The average molecular weight is 241 g/mol. The molecule has 1 rings (SSSR count). The van der Waals surface area contributed by atoms with Gasteiger partial charge in [-0.2, -0.15) is 0 Å². The first-order chi connectivity index (χ1) is 8.09. The lowest BCUT2D eigenvalue weighted by atomic mass is 10.3. The third-order valence-electron chi connectivity index (χ3n) is 2.08. The van der Waals surface area contributed by atoms with E-state index >= 15 is 0 Å². The Labute approximate surface area is 99.4 Å². The summed E-state index contributed by atoms with van der Waals surface area (Å²) in [6.45, 7) is 1.78. The summed E-state index contributed by atoms with van der Waals surface area (Å²) < 4.78 is 18.1.